The lowest BCUT2D eigenvalue weighted by Crippen LogP contribution is -1.99. The fourth-order valence-corrected chi connectivity index (χ4v) is 3.18. The number of halogens is 1. The van der Waals surface area contributed by atoms with Crippen molar-refractivity contribution in [3.8, 4) is 28.3 Å². The SMILES string of the molecule is Cc1c(-c2ccc(Cl)cc2)nc(-c2ccccc2)n1-c1ccccc1. The fraction of sp³-hybridized carbons (Fsp3) is 0.0455. The number of rotatable bonds is 3. The Hall–Kier alpha value is -2.84. The van der Waals surface area contributed by atoms with Crippen LogP contribution in [0.5, 0.6) is 0 Å². The number of benzene rings is 3. The van der Waals surface area contributed by atoms with Gasteiger partial charge in [0, 0.05) is 27.5 Å². The van der Waals surface area contributed by atoms with Crippen molar-refractivity contribution in [2.45, 2.75) is 6.92 Å². The summed E-state index contributed by atoms with van der Waals surface area (Å²) in [6, 6.07) is 28.4. The minimum atomic E-state index is 0.729. The van der Waals surface area contributed by atoms with Crippen LogP contribution in [0.4, 0.5) is 0 Å². The monoisotopic (exact) mass is 344 g/mol. The van der Waals surface area contributed by atoms with E-state index in [0.717, 1.165) is 39.0 Å². The van der Waals surface area contributed by atoms with Crippen LogP contribution >= 0.6 is 11.6 Å². The van der Waals surface area contributed by atoms with Gasteiger partial charge in [0.2, 0.25) is 0 Å². The molecule has 0 aliphatic rings. The zero-order valence-electron chi connectivity index (χ0n) is 13.9. The standard InChI is InChI=1S/C22H17ClN2/c1-16-21(17-12-14-19(23)15-13-17)24-22(18-8-4-2-5-9-18)25(16)20-10-6-3-7-11-20/h2-15H,1H3. The number of hydrogen-bond donors (Lipinski definition) is 0. The van der Waals surface area contributed by atoms with Crippen LogP contribution in [0.15, 0.2) is 84.9 Å². The van der Waals surface area contributed by atoms with Crippen LogP contribution in [0, 0.1) is 6.92 Å². The molecular weight excluding hydrogens is 328 g/mol. The summed E-state index contributed by atoms with van der Waals surface area (Å²) in [5, 5.41) is 0.729. The molecular formula is C22H17ClN2. The van der Waals surface area contributed by atoms with Gasteiger partial charge in [-0.1, -0.05) is 72.3 Å². The first-order chi connectivity index (χ1) is 12.2. The van der Waals surface area contributed by atoms with E-state index in [4.69, 9.17) is 16.6 Å². The van der Waals surface area contributed by atoms with Gasteiger partial charge in [-0.05, 0) is 31.2 Å². The molecule has 0 fully saturated rings. The minimum Gasteiger partial charge on any atom is -0.296 e. The zero-order chi connectivity index (χ0) is 17.2. The molecule has 25 heavy (non-hydrogen) atoms. The van der Waals surface area contributed by atoms with E-state index >= 15 is 0 Å². The number of aromatic nitrogens is 2. The van der Waals surface area contributed by atoms with Crippen LogP contribution in [-0.4, -0.2) is 9.55 Å². The summed E-state index contributed by atoms with van der Waals surface area (Å²) in [7, 11) is 0. The lowest BCUT2D eigenvalue weighted by Gasteiger charge is -2.10. The topological polar surface area (TPSA) is 17.8 Å². The van der Waals surface area contributed by atoms with E-state index in [2.05, 4.69) is 35.8 Å². The summed E-state index contributed by atoms with van der Waals surface area (Å²) >= 11 is 6.04. The van der Waals surface area contributed by atoms with E-state index in [-0.39, 0.29) is 0 Å². The van der Waals surface area contributed by atoms with E-state index < -0.39 is 0 Å². The number of nitrogens with zero attached hydrogens (tertiary/aromatic N) is 2. The van der Waals surface area contributed by atoms with E-state index in [1.54, 1.807) is 0 Å². The van der Waals surface area contributed by atoms with Crippen molar-refractivity contribution in [1.82, 2.24) is 9.55 Å². The second kappa shape index (κ2) is 6.58. The van der Waals surface area contributed by atoms with Crippen LogP contribution < -0.4 is 0 Å². The third-order valence-electron chi connectivity index (χ3n) is 4.27. The summed E-state index contributed by atoms with van der Waals surface area (Å²) in [4.78, 5) is 4.98. The average molecular weight is 345 g/mol. The Morgan fingerprint density at radius 3 is 1.96 bits per heavy atom. The van der Waals surface area contributed by atoms with Crippen molar-refractivity contribution >= 4 is 11.6 Å². The second-order valence-electron chi connectivity index (χ2n) is 5.91. The molecule has 1 aromatic heterocycles. The molecule has 0 aliphatic heterocycles. The number of imidazole rings is 1. The van der Waals surface area contributed by atoms with Gasteiger partial charge >= 0.3 is 0 Å². The van der Waals surface area contributed by atoms with Gasteiger partial charge in [-0.15, -0.1) is 0 Å². The van der Waals surface area contributed by atoms with Gasteiger partial charge in [-0.25, -0.2) is 4.98 Å². The van der Waals surface area contributed by atoms with Crippen molar-refractivity contribution in [2.75, 3.05) is 0 Å². The highest BCUT2D eigenvalue weighted by Crippen LogP contribution is 2.32. The maximum absolute atomic E-state index is 6.04. The Labute approximate surface area is 152 Å². The molecule has 0 bridgehead atoms. The zero-order valence-corrected chi connectivity index (χ0v) is 14.6. The summed E-state index contributed by atoms with van der Waals surface area (Å²) in [6.07, 6.45) is 0. The highest BCUT2D eigenvalue weighted by atomic mass is 35.5. The molecule has 3 heteroatoms. The van der Waals surface area contributed by atoms with E-state index in [1.807, 2.05) is 60.7 Å². The third kappa shape index (κ3) is 2.97. The molecule has 122 valence electrons. The molecule has 3 aromatic carbocycles. The van der Waals surface area contributed by atoms with Crippen molar-refractivity contribution in [2.24, 2.45) is 0 Å². The molecule has 0 spiro atoms. The van der Waals surface area contributed by atoms with E-state index in [0.29, 0.717) is 0 Å². The maximum Gasteiger partial charge on any atom is 0.145 e. The minimum absolute atomic E-state index is 0.729. The molecule has 4 rings (SSSR count). The molecule has 0 unspecified atom stereocenters. The summed E-state index contributed by atoms with van der Waals surface area (Å²) < 4.78 is 2.21. The molecule has 0 saturated carbocycles. The first-order valence-corrected chi connectivity index (χ1v) is 8.58. The Bertz CT molecular complexity index is 988. The first-order valence-electron chi connectivity index (χ1n) is 8.20. The quantitative estimate of drug-likeness (QED) is 0.434. The predicted molar refractivity (Wildman–Crippen MR) is 104 cm³/mol. The molecule has 0 radical (unpaired) electrons. The molecule has 4 aromatic rings. The van der Waals surface area contributed by atoms with Crippen molar-refractivity contribution in [1.29, 1.82) is 0 Å². The average Bonchev–Trinajstić information content (AvgIpc) is 3.01. The van der Waals surface area contributed by atoms with Crippen molar-refractivity contribution in [3.63, 3.8) is 0 Å². The summed E-state index contributed by atoms with van der Waals surface area (Å²) in [6.45, 7) is 2.11. The largest absolute Gasteiger partial charge is 0.296 e. The van der Waals surface area contributed by atoms with Crippen LogP contribution in [0.2, 0.25) is 5.02 Å². The van der Waals surface area contributed by atoms with E-state index in [1.165, 1.54) is 0 Å². The van der Waals surface area contributed by atoms with Crippen LogP contribution in [0.3, 0.4) is 0 Å². The van der Waals surface area contributed by atoms with Gasteiger partial charge in [0.05, 0.1) is 5.69 Å². The Balaban J connectivity index is 1.97. The normalized spacial score (nSPS) is 10.8. The summed E-state index contributed by atoms with van der Waals surface area (Å²) in [5.41, 5.74) is 5.33. The molecule has 2 nitrogen and oxygen atoms in total. The first kappa shape index (κ1) is 15.7. The number of para-hydroxylation sites is 1. The highest BCUT2D eigenvalue weighted by molar-refractivity contribution is 6.30. The Morgan fingerprint density at radius 1 is 0.720 bits per heavy atom. The highest BCUT2D eigenvalue weighted by Gasteiger charge is 2.17. The van der Waals surface area contributed by atoms with Crippen LogP contribution in [0.25, 0.3) is 28.3 Å². The van der Waals surface area contributed by atoms with Gasteiger partial charge in [0.25, 0.3) is 0 Å². The summed E-state index contributed by atoms with van der Waals surface area (Å²) in [5.74, 6) is 0.939. The van der Waals surface area contributed by atoms with Gasteiger partial charge in [-0.2, -0.15) is 0 Å². The smallest absolute Gasteiger partial charge is 0.145 e. The van der Waals surface area contributed by atoms with Crippen molar-refractivity contribution < 1.29 is 0 Å². The molecule has 0 saturated heterocycles. The molecule has 1 heterocycles. The van der Waals surface area contributed by atoms with Crippen LogP contribution in [0.1, 0.15) is 5.69 Å². The van der Waals surface area contributed by atoms with Gasteiger partial charge in [0.1, 0.15) is 5.82 Å². The Morgan fingerprint density at radius 2 is 1.32 bits per heavy atom. The van der Waals surface area contributed by atoms with Crippen LogP contribution in [-0.2, 0) is 0 Å². The van der Waals surface area contributed by atoms with E-state index in [9.17, 15) is 0 Å². The van der Waals surface area contributed by atoms with Gasteiger partial charge in [0.15, 0.2) is 0 Å². The third-order valence-corrected chi connectivity index (χ3v) is 4.52. The number of hydrogen-bond acceptors (Lipinski definition) is 1. The van der Waals surface area contributed by atoms with Gasteiger partial charge in [-0.3, -0.25) is 4.57 Å². The molecule has 0 aliphatic carbocycles. The van der Waals surface area contributed by atoms with Crippen molar-refractivity contribution in [3.05, 3.63) is 95.6 Å². The molecule has 0 N–H and O–H groups in total. The second-order valence-corrected chi connectivity index (χ2v) is 6.35. The maximum atomic E-state index is 6.04. The fourth-order valence-electron chi connectivity index (χ4n) is 3.06. The lowest BCUT2D eigenvalue weighted by molar-refractivity contribution is 1.01. The predicted octanol–water partition coefficient (Wildman–Crippen LogP) is 6.17. The van der Waals surface area contributed by atoms with Gasteiger partial charge < -0.3 is 0 Å². The molecule has 0 amide bonds. The molecule has 0 atom stereocenters. The Kier molecular flexibility index (Phi) is 4.12. The lowest BCUT2D eigenvalue weighted by atomic mass is 10.1.